The molecule has 2 rings (SSSR count). The SMILES string of the molecule is CCOC(=O)N1CCN(/C=C(/C#N)C(=O)Nc2ccccc2C(F)(F)F)CC1. The third-order valence-corrected chi connectivity index (χ3v) is 4.00. The van der Waals surface area contributed by atoms with E-state index in [9.17, 15) is 28.0 Å². The second kappa shape index (κ2) is 9.12. The van der Waals surface area contributed by atoms with Crippen molar-refractivity contribution in [1.82, 2.24) is 9.80 Å². The largest absolute Gasteiger partial charge is 0.450 e. The number of nitriles is 1. The number of hydrogen-bond donors (Lipinski definition) is 1. The van der Waals surface area contributed by atoms with Crippen molar-refractivity contribution >= 4 is 17.7 Å². The number of rotatable bonds is 4. The molecule has 0 radical (unpaired) electrons. The van der Waals surface area contributed by atoms with Crippen LogP contribution >= 0.6 is 0 Å². The summed E-state index contributed by atoms with van der Waals surface area (Å²) in [6.45, 7) is 3.36. The first-order chi connectivity index (χ1) is 13.3. The zero-order chi connectivity index (χ0) is 20.7. The molecule has 0 unspecified atom stereocenters. The van der Waals surface area contributed by atoms with Crippen molar-refractivity contribution in [2.75, 3.05) is 38.1 Å². The van der Waals surface area contributed by atoms with Crippen molar-refractivity contribution in [2.24, 2.45) is 0 Å². The molecule has 0 bridgehead atoms. The number of amides is 2. The van der Waals surface area contributed by atoms with Crippen LogP contribution < -0.4 is 5.32 Å². The summed E-state index contributed by atoms with van der Waals surface area (Å²) in [5.74, 6) is -0.938. The van der Waals surface area contributed by atoms with Crippen LogP contribution in [0.5, 0.6) is 0 Å². The molecule has 0 spiro atoms. The number of benzene rings is 1. The normalized spacial score (nSPS) is 15.0. The van der Waals surface area contributed by atoms with E-state index < -0.39 is 29.4 Å². The maximum atomic E-state index is 13.0. The van der Waals surface area contributed by atoms with Crippen LogP contribution in [0.25, 0.3) is 0 Å². The van der Waals surface area contributed by atoms with Crippen molar-refractivity contribution in [3.8, 4) is 6.07 Å². The number of carbonyl (C=O) groups excluding carboxylic acids is 2. The number of halogens is 3. The van der Waals surface area contributed by atoms with E-state index in [1.807, 2.05) is 0 Å². The molecule has 1 aromatic rings. The van der Waals surface area contributed by atoms with Gasteiger partial charge in [-0.15, -0.1) is 0 Å². The van der Waals surface area contributed by atoms with Gasteiger partial charge in [0.15, 0.2) is 0 Å². The number of ether oxygens (including phenoxy) is 1. The first-order valence-corrected chi connectivity index (χ1v) is 8.51. The Labute approximate surface area is 160 Å². The Hall–Kier alpha value is -3.22. The van der Waals surface area contributed by atoms with Gasteiger partial charge < -0.3 is 19.9 Å². The number of anilines is 1. The smallest absolute Gasteiger partial charge is 0.418 e. The molecule has 1 aliphatic rings. The highest BCUT2D eigenvalue weighted by Crippen LogP contribution is 2.34. The van der Waals surface area contributed by atoms with Crippen LogP contribution in [0, 0.1) is 11.3 Å². The average Bonchev–Trinajstić information content (AvgIpc) is 2.66. The Morgan fingerprint density at radius 2 is 1.89 bits per heavy atom. The highest BCUT2D eigenvalue weighted by atomic mass is 19.4. The molecule has 28 heavy (non-hydrogen) atoms. The molecule has 0 saturated carbocycles. The van der Waals surface area contributed by atoms with Crippen LogP contribution in [0.1, 0.15) is 12.5 Å². The van der Waals surface area contributed by atoms with Gasteiger partial charge in [-0.3, -0.25) is 4.79 Å². The van der Waals surface area contributed by atoms with Gasteiger partial charge in [0.25, 0.3) is 5.91 Å². The number of carbonyl (C=O) groups is 2. The molecule has 0 aliphatic carbocycles. The third kappa shape index (κ3) is 5.39. The zero-order valence-electron chi connectivity index (χ0n) is 15.1. The van der Waals surface area contributed by atoms with Gasteiger partial charge in [0.1, 0.15) is 11.6 Å². The number of para-hydroxylation sites is 1. The lowest BCUT2D eigenvalue weighted by Crippen LogP contribution is -2.47. The van der Waals surface area contributed by atoms with Gasteiger partial charge in [-0.1, -0.05) is 12.1 Å². The summed E-state index contributed by atoms with van der Waals surface area (Å²) >= 11 is 0. The monoisotopic (exact) mass is 396 g/mol. The van der Waals surface area contributed by atoms with Crippen LogP contribution in [0.4, 0.5) is 23.7 Å². The van der Waals surface area contributed by atoms with Crippen molar-refractivity contribution in [3.05, 3.63) is 41.6 Å². The van der Waals surface area contributed by atoms with Gasteiger partial charge >= 0.3 is 12.3 Å². The Bertz CT molecular complexity index is 794. The second-order valence-electron chi connectivity index (χ2n) is 5.87. The fourth-order valence-corrected chi connectivity index (χ4v) is 2.60. The third-order valence-electron chi connectivity index (χ3n) is 4.00. The molecule has 150 valence electrons. The van der Waals surface area contributed by atoms with Crippen LogP contribution in [0.3, 0.4) is 0 Å². The van der Waals surface area contributed by atoms with Gasteiger partial charge in [0, 0.05) is 32.4 Å². The number of alkyl halides is 3. The zero-order valence-corrected chi connectivity index (χ0v) is 15.1. The fraction of sp³-hybridized carbons (Fsp3) is 0.389. The minimum atomic E-state index is -4.64. The van der Waals surface area contributed by atoms with Gasteiger partial charge in [0.2, 0.25) is 0 Å². The van der Waals surface area contributed by atoms with E-state index >= 15 is 0 Å². The molecular weight excluding hydrogens is 377 g/mol. The Morgan fingerprint density at radius 3 is 2.46 bits per heavy atom. The maximum absolute atomic E-state index is 13.0. The predicted octanol–water partition coefficient (Wildman–Crippen LogP) is 2.83. The van der Waals surface area contributed by atoms with E-state index in [0.717, 1.165) is 12.1 Å². The van der Waals surface area contributed by atoms with E-state index in [-0.39, 0.29) is 12.2 Å². The predicted molar refractivity (Wildman–Crippen MR) is 93.9 cm³/mol. The molecule has 1 fully saturated rings. The number of hydrogen-bond acceptors (Lipinski definition) is 5. The van der Waals surface area contributed by atoms with Crippen molar-refractivity contribution in [1.29, 1.82) is 5.26 Å². The molecule has 10 heteroatoms. The summed E-state index contributed by atoms with van der Waals surface area (Å²) in [4.78, 5) is 27.1. The molecule has 0 atom stereocenters. The van der Waals surface area contributed by atoms with Gasteiger partial charge in [-0.2, -0.15) is 18.4 Å². The van der Waals surface area contributed by atoms with Crippen molar-refractivity contribution < 1.29 is 27.5 Å². The maximum Gasteiger partial charge on any atom is 0.418 e. The molecule has 1 aromatic carbocycles. The van der Waals surface area contributed by atoms with E-state index in [2.05, 4.69) is 5.32 Å². The molecular formula is C18H19F3N4O3. The Morgan fingerprint density at radius 1 is 1.25 bits per heavy atom. The van der Waals surface area contributed by atoms with E-state index in [1.165, 1.54) is 23.2 Å². The van der Waals surface area contributed by atoms with Crippen molar-refractivity contribution in [3.63, 3.8) is 0 Å². The molecule has 1 saturated heterocycles. The van der Waals surface area contributed by atoms with Gasteiger partial charge in [-0.05, 0) is 19.1 Å². The second-order valence-corrected chi connectivity index (χ2v) is 5.87. The summed E-state index contributed by atoms with van der Waals surface area (Å²) in [5.41, 5.74) is -1.75. The quantitative estimate of drug-likeness (QED) is 0.625. The lowest BCUT2D eigenvalue weighted by Gasteiger charge is -2.33. The molecule has 1 heterocycles. The molecule has 7 nitrogen and oxygen atoms in total. The summed E-state index contributed by atoms with van der Waals surface area (Å²) in [6, 6.07) is 6.24. The molecule has 1 aliphatic heterocycles. The average molecular weight is 396 g/mol. The highest BCUT2D eigenvalue weighted by Gasteiger charge is 2.33. The summed E-state index contributed by atoms with van der Waals surface area (Å²) in [6.07, 6.45) is -3.79. The first-order valence-electron chi connectivity index (χ1n) is 8.51. The van der Waals surface area contributed by atoms with E-state index in [1.54, 1.807) is 17.9 Å². The molecule has 1 N–H and O–H groups in total. The lowest BCUT2D eigenvalue weighted by molar-refractivity contribution is -0.137. The topological polar surface area (TPSA) is 85.7 Å². The minimum Gasteiger partial charge on any atom is -0.450 e. The van der Waals surface area contributed by atoms with E-state index in [4.69, 9.17) is 4.74 Å². The van der Waals surface area contributed by atoms with Gasteiger partial charge in [0.05, 0.1) is 17.9 Å². The first kappa shape index (κ1) is 21.1. The van der Waals surface area contributed by atoms with Gasteiger partial charge in [-0.25, -0.2) is 4.79 Å². The lowest BCUT2D eigenvalue weighted by atomic mass is 10.1. The summed E-state index contributed by atoms with van der Waals surface area (Å²) in [5, 5.41) is 11.4. The summed E-state index contributed by atoms with van der Waals surface area (Å²) < 4.78 is 44.0. The Kier molecular flexibility index (Phi) is 6.87. The standard InChI is InChI=1S/C18H19F3N4O3/c1-2-28-17(27)25-9-7-24(8-10-25)12-13(11-22)16(26)23-15-6-4-3-5-14(15)18(19,20)21/h3-6,12H,2,7-10H2,1H3,(H,23,26)/b13-12-. The van der Waals surface area contributed by atoms with Crippen LogP contribution in [0.2, 0.25) is 0 Å². The highest BCUT2D eigenvalue weighted by molar-refractivity contribution is 6.06. The van der Waals surface area contributed by atoms with Crippen molar-refractivity contribution in [2.45, 2.75) is 13.1 Å². The number of nitrogens with one attached hydrogen (secondary N) is 1. The number of piperazine rings is 1. The van der Waals surface area contributed by atoms with Crippen LogP contribution in [-0.2, 0) is 15.7 Å². The van der Waals surface area contributed by atoms with Crippen LogP contribution in [0.15, 0.2) is 36.0 Å². The van der Waals surface area contributed by atoms with E-state index in [0.29, 0.717) is 26.2 Å². The minimum absolute atomic E-state index is 0.261. The fourth-order valence-electron chi connectivity index (χ4n) is 2.60. The molecule has 0 aromatic heterocycles. The van der Waals surface area contributed by atoms with Crippen LogP contribution in [-0.4, -0.2) is 54.6 Å². The Balaban J connectivity index is 2.05. The molecule has 2 amide bonds. The summed E-state index contributed by atoms with van der Waals surface area (Å²) in [7, 11) is 0. The number of nitrogens with zero attached hydrogens (tertiary/aromatic N) is 3.